The van der Waals surface area contributed by atoms with E-state index in [9.17, 15) is 30.4 Å². The number of hydrogen-bond acceptors (Lipinski definition) is 5. The van der Waals surface area contributed by atoms with Crippen molar-refractivity contribution in [2.75, 3.05) is 18.4 Å². The van der Waals surface area contributed by atoms with Gasteiger partial charge in [0, 0.05) is 18.7 Å². The van der Waals surface area contributed by atoms with Crippen molar-refractivity contribution < 1.29 is 30.4 Å². The normalized spacial score (nSPS) is 15.6. The summed E-state index contributed by atoms with van der Waals surface area (Å²) in [5.41, 5.74) is -0.361. The van der Waals surface area contributed by atoms with Gasteiger partial charge in [0.2, 0.25) is 19.9 Å². The van der Waals surface area contributed by atoms with Crippen LogP contribution < -0.4 is 5.32 Å². The Bertz CT molecular complexity index is 1130. The zero-order valence-electron chi connectivity index (χ0n) is 15.1. The molecule has 1 saturated heterocycles. The van der Waals surface area contributed by atoms with Gasteiger partial charge < -0.3 is 5.32 Å². The van der Waals surface area contributed by atoms with Gasteiger partial charge in [0.25, 0.3) is 5.91 Å². The molecule has 0 radical (unpaired) electrons. The van der Waals surface area contributed by atoms with Crippen LogP contribution in [-0.2, 0) is 19.9 Å². The van der Waals surface area contributed by atoms with Gasteiger partial charge in [0.15, 0.2) is 0 Å². The van der Waals surface area contributed by atoms with Gasteiger partial charge in [-0.1, -0.05) is 18.2 Å². The molecule has 1 amide bonds. The summed E-state index contributed by atoms with van der Waals surface area (Å²) >= 11 is 0. The molecule has 0 spiro atoms. The number of nitrogens with zero attached hydrogens (tertiary/aromatic N) is 1. The minimum absolute atomic E-state index is 0.0467. The quantitative estimate of drug-likeness (QED) is 0.738. The Morgan fingerprint density at radius 1 is 0.966 bits per heavy atom. The van der Waals surface area contributed by atoms with E-state index in [0.29, 0.717) is 13.1 Å². The lowest BCUT2D eigenvalue weighted by Crippen LogP contribution is -2.28. The molecule has 0 saturated carbocycles. The van der Waals surface area contributed by atoms with E-state index in [0.717, 1.165) is 18.9 Å². The van der Waals surface area contributed by atoms with Crippen molar-refractivity contribution in [1.82, 2.24) is 4.31 Å². The molecule has 1 N–H and O–H groups in total. The van der Waals surface area contributed by atoms with E-state index >= 15 is 0 Å². The zero-order valence-corrected chi connectivity index (χ0v) is 16.7. The first kappa shape index (κ1) is 21.3. The molecule has 2 aromatic rings. The van der Waals surface area contributed by atoms with Crippen LogP contribution in [0.1, 0.15) is 23.2 Å². The minimum Gasteiger partial charge on any atom is -0.321 e. The van der Waals surface area contributed by atoms with Gasteiger partial charge in [-0.3, -0.25) is 4.79 Å². The van der Waals surface area contributed by atoms with E-state index in [4.69, 9.17) is 0 Å². The molecule has 29 heavy (non-hydrogen) atoms. The predicted molar refractivity (Wildman–Crippen MR) is 102 cm³/mol. The highest BCUT2D eigenvalue weighted by Crippen LogP contribution is 2.27. The maximum atomic E-state index is 12.9. The van der Waals surface area contributed by atoms with E-state index in [-0.39, 0.29) is 16.1 Å². The molecule has 0 aromatic heterocycles. The second-order valence-electron chi connectivity index (χ2n) is 6.39. The van der Waals surface area contributed by atoms with Crippen LogP contribution in [0.5, 0.6) is 0 Å². The van der Waals surface area contributed by atoms with Crippen LogP contribution in [0.4, 0.5) is 14.5 Å². The highest BCUT2D eigenvalue weighted by atomic mass is 32.2. The minimum atomic E-state index is -4.93. The molecule has 1 aliphatic heterocycles. The molecule has 0 unspecified atom stereocenters. The number of hydrogen-bond donors (Lipinski definition) is 1. The van der Waals surface area contributed by atoms with Crippen LogP contribution in [0.25, 0.3) is 0 Å². The largest absolute Gasteiger partial charge is 0.341 e. The zero-order chi connectivity index (χ0) is 21.2. The first-order valence-electron chi connectivity index (χ1n) is 8.66. The second-order valence-corrected chi connectivity index (χ2v) is 10.2. The van der Waals surface area contributed by atoms with Crippen LogP contribution in [-0.4, -0.2) is 45.9 Å². The Morgan fingerprint density at radius 2 is 1.62 bits per heavy atom. The predicted octanol–water partition coefficient (Wildman–Crippen LogP) is 2.72. The number of benzene rings is 2. The maximum absolute atomic E-state index is 12.9. The molecular formula is C18H18F2N2O5S2. The molecule has 1 heterocycles. The van der Waals surface area contributed by atoms with Crippen LogP contribution in [0.2, 0.25) is 0 Å². The number of sulfone groups is 1. The molecule has 156 valence electrons. The van der Waals surface area contributed by atoms with Crippen molar-refractivity contribution in [2.45, 2.75) is 28.4 Å². The number of amides is 1. The molecule has 0 atom stereocenters. The Balaban J connectivity index is 1.90. The van der Waals surface area contributed by atoms with Gasteiger partial charge in [0.1, 0.15) is 0 Å². The number of alkyl halides is 2. The van der Waals surface area contributed by atoms with Gasteiger partial charge in [-0.05, 0) is 43.2 Å². The Labute approximate surface area is 167 Å². The van der Waals surface area contributed by atoms with Crippen molar-refractivity contribution in [3.63, 3.8) is 0 Å². The standard InChI is InChI=1S/C18H18F2N2O5S2/c19-18(20)28(24,25)16-9-2-1-8-15(16)21-17(23)13-6-5-7-14(12-13)29(26,27)22-10-3-4-11-22/h1-2,5-9,12,18H,3-4,10-11H2,(H,21,23). The molecular weight excluding hydrogens is 426 g/mol. The van der Waals surface area contributed by atoms with Crippen LogP contribution in [0, 0.1) is 0 Å². The van der Waals surface area contributed by atoms with Crippen LogP contribution >= 0.6 is 0 Å². The Kier molecular flexibility index (Phi) is 6.01. The fraction of sp³-hybridized carbons (Fsp3) is 0.278. The van der Waals surface area contributed by atoms with Gasteiger partial charge in [-0.2, -0.15) is 13.1 Å². The monoisotopic (exact) mass is 444 g/mol. The van der Waals surface area contributed by atoms with E-state index in [1.54, 1.807) is 0 Å². The van der Waals surface area contributed by atoms with E-state index < -0.39 is 36.4 Å². The molecule has 0 bridgehead atoms. The average molecular weight is 444 g/mol. The molecule has 1 aliphatic rings. The maximum Gasteiger partial charge on any atom is 0.341 e. The number of carbonyl (C=O) groups is 1. The van der Waals surface area contributed by atoms with Gasteiger partial charge in [-0.15, -0.1) is 0 Å². The topological polar surface area (TPSA) is 101 Å². The molecule has 2 aromatic carbocycles. The number of rotatable bonds is 6. The van der Waals surface area contributed by atoms with Crippen molar-refractivity contribution in [3.05, 3.63) is 54.1 Å². The third-order valence-corrected chi connectivity index (χ3v) is 7.81. The third kappa shape index (κ3) is 4.31. The SMILES string of the molecule is O=C(Nc1ccccc1S(=O)(=O)C(F)F)c1cccc(S(=O)(=O)N2CCCC2)c1. The number of anilines is 1. The molecule has 0 aliphatic carbocycles. The molecule has 1 fully saturated rings. The van der Waals surface area contributed by atoms with E-state index in [1.165, 1.54) is 46.8 Å². The smallest absolute Gasteiger partial charge is 0.321 e. The number of sulfonamides is 1. The fourth-order valence-electron chi connectivity index (χ4n) is 2.98. The fourth-order valence-corrected chi connectivity index (χ4v) is 5.43. The summed E-state index contributed by atoms with van der Waals surface area (Å²) in [5.74, 6) is -4.46. The highest BCUT2D eigenvalue weighted by Gasteiger charge is 2.30. The van der Waals surface area contributed by atoms with E-state index in [2.05, 4.69) is 5.32 Å². The summed E-state index contributed by atoms with van der Waals surface area (Å²) in [6.07, 6.45) is 1.52. The average Bonchev–Trinajstić information content (AvgIpc) is 3.24. The first-order valence-corrected chi connectivity index (χ1v) is 11.7. The Hall–Kier alpha value is -2.37. The summed E-state index contributed by atoms with van der Waals surface area (Å²) in [4.78, 5) is 11.8. The molecule has 11 heteroatoms. The second kappa shape index (κ2) is 8.17. The van der Waals surface area contributed by atoms with Crippen molar-refractivity contribution >= 4 is 31.5 Å². The highest BCUT2D eigenvalue weighted by molar-refractivity contribution is 7.91. The number of nitrogens with one attached hydrogen (secondary N) is 1. The third-order valence-electron chi connectivity index (χ3n) is 4.48. The van der Waals surface area contributed by atoms with Gasteiger partial charge >= 0.3 is 5.76 Å². The molecule has 7 nitrogen and oxygen atoms in total. The lowest BCUT2D eigenvalue weighted by Gasteiger charge is -2.16. The molecule has 3 rings (SSSR count). The van der Waals surface area contributed by atoms with Crippen molar-refractivity contribution in [1.29, 1.82) is 0 Å². The Morgan fingerprint density at radius 3 is 2.28 bits per heavy atom. The lowest BCUT2D eigenvalue weighted by molar-refractivity contribution is 0.102. The number of para-hydroxylation sites is 1. The summed E-state index contributed by atoms with van der Waals surface area (Å²) in [7, 11) is -8.68. The van der Waals surface area contributed by atoms with E-state index in [1.807, 2.05) is 0 Å². The van der Waals surface area contributed by atoms with Crippen LogP contribution in [0.15, 0.2) is 58.3 Å². The van der Waals surface area contributed by atoms with Crippen LogP contribution in [0.3, 0.4) is 0 Å². The van der Waals surface area contributed by atoms with Gasteiger partial charge in [-0.25, -0.2) is 16.8 Å². The van der Waals surface area contributed by atoms with Crippen molar-refractivity contribution in [2.24, 2.45) is 0 Å². The lowest BCUT2D eigenvalue weighted by atomic mass is 10.2. The van der Waals surface area contributed by atoms with Crippen molar-refractivity contribution in [3.8, 4) is 0 Å². The first-order chi connectivity index (χ1) is 13.6. The summed E-state index contributed by atoms with van der Waals surface area (Å²) in [6, 6.07) is 10.1. The summed E-state index contributed by atoms with van der Waals surface area (Å²) < 4.78 is 76.1. The summed E-state index contributed by atoms with van der Waals surface area (Å²) in [5, 5.41) is 2.28. The summed E-state index contributed by atoms with van der Waals surface area (Å²) in [6.45, 7) is 0.801. The van der Waals surface area contributed by atoms with Gasteiger partial charge in [0.05, 0.1) is 15.5 Å². The number of halogens is 2. The number of carbonyl (C=O) groups excluding carboxylic acids is 1.